The predicted octanol–water partition coefficient (Wildman–Crippen LogP) is 3.37. The fraction of sp³-hybridized carbons (Fsp3) is 0.571. The molecule has 0 amide bonds. The second-order valence-corrected chi connectivity index (χ2v) is 5.30. The lowest BCUT2D eigenvalue weighted by Gasteiger charge is -2.26. The summed E-state index contributed by atoms with van der Waals surface area (Å²) in [5, 5.41) is 12.8. The van der Waals surface area contributed by atoms with Crippen molar-refractivity contribution in [2.75, 3.05) is 6.54 Å². The fourth-order valence-corrected chi connectivity index (χ4v) is 1.64. The first-order valence-corrected chi connectivity index (χ1v) is 5.90. The van der Waals surface area contributed by atoms with Gasteiger partial charge in [-0.1, -0.05) is 24.3 Å². The molecular weight excluding hydrogens is 198 g/mol. The Labute approximate surface area is 98.9 Å². The normalized spacial score (nSPS) is 12.1. The van der Waals surface area contributed by atoms with Gasteiger partial charge in [0, 0.05) is 12.1 Å². The Balaban J connectivity index is 2.40. The molecule has 0 fully saturated rings. The maximum Gasteiger partial charge on any atom is 0.0409 e. The van der Waals surface area contributed by atoms with Crippen LogP contribution in [-0.4, -0.2) is 17.1 Å². The Bertz CT molecular complexity index is 328. The minimum absolute atomic E-state index is 0.272. The molecule has 0 N–H and O–H groups in total. The lowest BCUT2D eigenvalue weighted by atomic mass is 10.0. The third kappa shape index (κ3) is 3.95. The number of nitrogens with zero attached hydrogens (tertiary/aromatic N) is 1. The summed E-state index contributed by atoms with van der Waals surface area (Å²) in [5.74, 6) is 0. The van der Waals surface area contributed by atoms with Gasteiger partial charge in [-0.15, -0.1) is 10.3 Å². The largest absolute Gasteiger partial charge is 0.150 e. The van der Waals surface area contributed by atoms with Crippen LogP contribution in [0.15, 0.2) is 24.3 Å². The molecule has 0 saturated heterocycles. The number of benzene rings is 1. The second-order valence-electron chi connectivity index (χ2n) is 5.30. The maximum absolute atomic E-state index is 11.7. The van der Waals surface area contributed by atoms with E-state index in [4.69, 9.17) is 0 Å². The van der Waals surface area contributed by atoms with Crippen molar-refractivity contribution in [3.63, 3.8) is 0 Å². The van der Waals surface area contributed by atoms with E-state index in [0.29, 0.717) is 6.54 Å². The van der Waals surface area contributed by atoms with Crippen molar-refractivity contribution < 1.29 is 5.21 Å². The predicted molar refractivity (Wildman–Crippen MR) is 66.6 cm³/mol. The SMILES string of the molecule is Cc1ccccc1CCCN([O])C(C)(C)C. The second kappa shape index (κ2) is 5.46. The van der Waals surface area contributed by atoms with Gasteiger partial charge in [-0.2, -0.15) is 0 Å². The summed E-state index contributed by atoms with van der Waals surface area (Å²) in [4.78, 5) is 0. The lowest BCUT2D eigenvalue weighted by Crippen LogP contribution is -2.38. The minimum Gasteiger partial charge on any atom is -0.150 e. The number of hydrogen-bond donors (Lipinski definition) is 0. The van der Waals surface area contributed by atoms with Crippen LogP contribution >= 0.6 is 0 Å². The monoisotopic (exact) mass is 220 g/mol. The number of rotatable bonds is 4. The molecule has 1 aromatic rings. The zero-order valence-electron chi connectivity index (χ0n) is 10.8. The van der Waals surface area contributed by atoms with Crippen LogP contribution in [0.5, 0.6) is 0 Å². The molecule has 0 spiro atoms. The molecule has 2 heteroatoms. The van der Waals surface area contributed by atoms with E-state index < -0.39 is 0 Å². The van der Waals surface area contributed by atoms with Crippen LogP contribution in [0.3, 0.4) is 0 Å². The van der Waals surface area contributed by atoms with E-state index in [1.54, 1.807) is 0 Å². The number of aryl methyl sites for hydroxylation is 2. The van der Waals surface area contributed by atoms with Crippen molar-refractivity contribution in [2.24, 2.45) is 0 Å². The molecule has 0 atom stereocenters. The zero-order valence-corrected chi connectivity index (χ0v) is 10.8. The molecule has 2 nitrogen and oxygen atoms in total. The average Bonchev–Trinajstić information content (AvgIpc) is 2.19. The highest BCUT2D eigenvalue weighted by atomic mass is 16.5. The Morgan fingerprint density at radius 3 is 2.38 bits per heavy atom. The van der Waals surface area contributed by atoms with Gasteiger partial charge in [-0.3, -0.25) is 0 Å². The maximum atomic E-state index is 11.7. The van der Waals surface area contributed by atoms with Crippen LogP contribution in [-0.2, 0) is 11.6 Å². The number of hydrogen-bond acceptors (Lipinski definition) is 1. The van der Waals surface area contributed by atoms with Crippen LogP contribution in [0.4, 0.5) is 0 Å². The highest BCUT2D eigenvalue weighted by Gasteiger charge is 2.19. The van der Waals surface area contributed by atoms with Crippen LogP contribution < -0.4 is 0 Å². The van der Waals surface area contributed by atoms with Gasteiger partial charge >= 0.3 is 0 Å². The standard InChI is InChI=1S/C14H22NO/c1-12-8-5-6-9-13(12)10-7-11-15(16)14(2,3)4/h5-6,8-9H,7,10-11H2,1-4H3. The Hall–Kier alpha value is -0.860. The Morgan fingerprint density at radius 2 is 1.81 bits per heavy atom. The third-order valence-electron chi connectivity index (χ3n) is 2.82. The van der Waals surface area contributed by atoms with Gasteiger partial charge in [-0.05, 0) is 51.7 Å². The van der Waals surface area contributed by atoms with Gasteiger partial charge < -0.3 is 0 Å². The lowest BCUT2D eigenvalue weighted by molar-refractivity contribution is -0.212. The third-order valence-corrected chi connectivity index (χ3v) is 2.82. The van der Waals surface area contributed by atoms with Gasteiger partial charge in [-0.25, -0.2) is 0 Å². The van der Waals surface area contributed by atoms with E-state index in [-0.39, 0.29) is 5.54 Å². The highest BCUT2D eigenvalue weighted by molar-refractivity contribution is 5.25. The molecule has 89 valence electrons. The smallest absolute Gasteiger partial charge is 0.0409 e. The fourth-order valence-electron chi connectivity index (χ4n) is 1.64. The van der Waals surface area contributed by atoms with E-state index in [2.05, 4.69) is 25.1 Å². The molecule has 0 saturated carbocycles. The Kier molecular flexibility index (Phi) is 4.51. The minimum atomic E-state index is -0.272. The highest BCUT2D eigenvalue weighted by Crippen LogP contribution is 2.13. The summed E-state index contributed by atoms with van der Waals surface area (Å²) in [5.41, 5.74) is 2.40. The molecule has 0 aliphatic heterocycles. The van der Waals surface area contributed by atoms with E-state index >= 15 is 0 Å². The van der Waals surface area contributed by atoms with Crippen LogP contribution in [0.1, 0.15) is 38.3 Å². The van der Waals surface area contributed by atoms with Crippen LogP contribution in [0.2, 0.25) is 0 Å². The topological polar surface area (TPSA) is 23.1 Å². The Morgan fingerprint density at radius 1 is 1.19 bits per heavy atom. The summed E-state index contributed by atoms with van der Waals surface area (Å²) in [6.45, 7) is 8.58. The van der Waals surface area contributed by atoms with Gasteiger partial charge in [0.25, 0.3) is 0 Å². The van der Waals surface area contributed by atoms with Crippen molar-refractivity contribution in [1.29, 1.82) is 0 Å². The summed E-state index contributed by atoms with van der Waals surface area (Å²) >= 11 is 0. The average molecular weight is 220 g/mol. The molecule has 1 radical (unpaired) electrons. The molecule has 0 bridgehead atoms. The molecule has 0 aliphatic rings. The van der Waals surface area contributed by atoms with E-state index in [1.165, 1.54) is 16.2 Å². The molecular formula is C14H22NO. The molecule has 1 rings (SSSR count). The van der Waals surface area contributed by atoms with Crippen molar-refractivity contribution >= 4 is 0 Å². The first-order chi connectivity index (χ1) is 7.41. The van der Waals surface area contributed by atoms with Crippen molar-refractivity contribution in [1.82, 2.24) is 5.06 Å². The summed E-state index contributed by atoms with van der Waals surface area (Å²) in [6.07, 6.45) is 1.91. The summed E-state index contributed by atoms with van der Waals surface area (Å²) < 4.78 is 0. The summed E-state index contributed by atoms with van der Waals surface area (Å²) in [7, 11) is 0. The van der Waals surface area contributed by atoms with Gasteiger partial charge in [0.1, 0.15) is 0 Å². The van der Waals surface area contributed by atoms with Gasteiger partial charge in [0.2, 0.25) is 0 Å². The zero-order chi connectivity index (χ0) is 12.2. The van der Waals surface area contributed by atoms with Gasteiger partial charge in [0.15, 0.2) is 0 Å². The molecule has 0 heterocycles. The first-order valence-electron chi connectivity index (χ1n) is 5.90. The molecule has 1 aromatic carbocycles. The van der Waals surface area contributed by atoms with Crippen LogP contribution in [0.25, 0.3) is 0 Å². The van der Waals surface area contributed by atoms with Crippen molar-refractivity contribution in [3.05, 3.63) is 35.4 Å². The van der Waals surface area contributed by atoms with Crippen LogP contribution in [0, 0.1) is 6.92 Å². The molecule has 0 unspecified atom stereocenters. The van der Waals surface area contributed by atoms with Crippen molar-refractivity contribution in [3.8, 4) is 0 Å². The summed E-state index contributed by atoms with van der Waals surface area (Å²) in [6, 6.07) is 8.37. The van der Waals surface area contributed by atoms with E-state index in [0.717, 1.165) is 12.8 Å². The van der Waals surface area contributed by atoms with Gasteiger partial charge in [0.05, 0.1) is 0 Å². The molecule has 16 heavy (non-hydrogen) atoms. The van der Waals surface area contributed by atoms with E-state index in [9.17, 15) is 5.21 Å². The first kappa shape index (κ1) is 13.2. The molecule has 0 aromatic heterocycles. The number of hydroxylamine groups is 2. The van der Waals surface area contributed by atoms with E-state index in [1.807, 2.05) is 26.8 Å². The molecule has 0 aliphatic carbocycles. The quantitative estimate of drug-likeness (QED) is 0.713. The van der Waals surface area contributed by atoms with Crippen molar-refractivity contribution in [2.45, 2.75) is 46.1 Å².